The highest BCUT2D eigenvalue weighted by Crippen LogP contribution is 2.35. The SMILES string of the molecule is [2H]C([2H])([2H])Oc1ncc(-c2ccc3c(C(=O)NC([2H])([2H])C([2H])([2H])[2H])n[nH]c3c2)cc1C(=O)NC(C)c1cc(F)ccc1C(F)(F)F. The van der Waals surface area contributed by atoms with E-state index in [2.05, 4.69) is 20.5 Å². The molecule has 0 bridgehead atoms. The average molecular weight is 538 g/mol. The largest absolute Gasteiger partial charge is 0.480 e. The quantitative estimate of drug-likeness (QED) is 0.287. The van der Waals surface area contributed by atoms with Crippen LogP contribution in [-0.2, 0) is 6.18 Å². The average Bonchev–Trinajstić information content (AvgIpc) is 3.34. The first-order valence-corrected chi connectivity index (χ1v) is 10.7. The highest BCUT2D eigenvalue weighted by Gasteiger charge is 2.35. The van der Waals surface area contributed by atoms with Gasteiger partial charge < -0.3 is 15.4 Å². The second-order valence-electron chi connectivity index (χ2n) is 8.01. The maximum atomic E-state index is 13.9. The first kappa shape index (κ1) is 17.9. The van der Waals surface area contributed by atoms with Crippen molar-refractivity contribution < 1.29 is 42.9 Å². The van der Waals surface area contributed by atoms with E-state index in [9.17, 15) is 27.2 Å². The molecule has 198 valence electrons. The molecule has 0 saturated carbocycles. The van der Waals surface area contributed by atoms with E-state index >= 15 is 0 Å². The molecule has 38 heavy (non-hydrogen) atoms. The molecule has 2 amide bonds. The van der Waals surface area contributed by atoms with Gasteiger partial charge in [-0.1, -0.05) is 6.07 Å². The fourth-order valence-corrected chi connectivity index (χ4v) is 3.84. The smallest absolute Gasteiger partial charge is 0.416 e. The first-order valence-electron chi connectivity index (χ1n) is 14.7. The van der Waals surface area contributed by atoms with E-state index in [0.29, 0.717) is 23.8 Å². The number of carbonyl (C=O) groups excluding carboxylic acids is 2. The van der Waals surface area contributed by atoms with E-state index in [1.807, 2.05) is 0 Å². The molecule has 1 unspecified atom stereocenters. The van der Waals surface area contributed by atoms with Crippen molar-refractivity contribution in [2.75, 3.05) is 13.5 Å². The molecule has 1 atom stereocenters. The number of halogens is 4. The van der Waals surface area contributed by atoms with Gasteiger partial charge in [-0.25, -0.2) is 9.37 Å². The summed E-state index contributed by atoms with van der Waals surface area (Å²) in [7, 11) is -3.07. The molecule has 3 N–H and O–H groups in total. The Balaban J connectivity index is 1.69. The predicted molar refractivity (Wildman–Crippen MR) is 131 cm³/mol. The number of fused-ring (bicyclic) bond motifs is 1. The number of hydrogen-bond donors (Lipinski definition) is 3. The highest BCUT2D eigenvalue weighted by atomic mass is 19.4. The Morgan fingerprint density at radius 2 is 1.97 bits per heavy atom. The van der Waals surface area contributed by atoms with Gasteiger partial charge in [0.25, 0.3) is 11.8 Å². The number of nitrogens with one attached hydrogen (secondary N) is 3. The summed E-state index contributed by atoms with van der Waals surface area (Å²) in [6.07, 6.45) is -3.72. The predicted octanol–water partition coefficient (Wildman–Crippen LogP) is 5.03. The molecule has 8 nitrogen and oxygen atoms in total. The number of pyridine rings is 1. The number of aromatic nitrogens is 3. The minimum Gasteiger partial charge on any atom is -0.480 e. The maximum Gasteiger partial charge on any atom is 0.416 e. The molecule has 0 aliphatic carbocycles. The van der Waals surface area contributed by atoms with Gasteiger partial charge in [-0.15, -0.1) is 0 Å². The molecule has 2 aromatic carbocycles. The van der Waals surface area contributed by atoms with Crippen LogP contribution in [0.15, 0.2) is 48.7 Å². The lowest BCUT2D eigenvalue weighted by molar-refractivity contribution is -0.138. The maximum absolute atomic E-state index is 13.9. The third-order valence-corrected chi connectivity index (χ3v) is 5.61. The van der Waals surface area contributed by atoms with E-state index in [1.54, 1.807) is 5.32 Å². The van der Waals surface area contributed by atoms with Gasteiger partial charge in [-0.05, 0) is 61.3 Å². The zero-order chi connectivity index (χ0) is 34.4. The molecule has 0 aliphatic rings. The number of ether oxygens (including phenoxy) is 1. The van der Waals surface area contributed by atoms with Gasteiger partial charge in [0.2, 0.25) is 5.88 Å². The van der Waals surface area contributed by atoms with E-state index in [1.165, 1.54) is 25.1 Å². The molecule has 0 fully saturated rings. The standard InChI is InChI=1S/C26H23F4N5O3/c1-4-31-24(37)22-17-7-5-14(10-21(17)34-35-22)15-9-19(25(38-3)32-12-15)23(36)33-13(2)18-11-16(27)6-8-20(18)26(28,29)30/h5-13H,4H2,1-3H3,(H,31,37)(H,33,36)(H,34,35)/i1D3,3D3,4D2. The molecule has 0 radical (unpaired) electrons. The van der Waals surface area contributed by atoms with Crippen LogP contribution in [0.5, 0.6) is 5.88 Å². The minimum absolute atomic E-state index is 0.167. The Labute approximate surface area is 225 Å². The monoisotopic (exact) mass is 537 g/mol. The summed E-state index contributed by atoms with van der Waals surface area (Å²) in [4.78, 5) is 29.9. The summed E-state index contributed by atoms with van der Waals surface area (Å²) in [5, 5.41) is 10.6. The van der Waals surface area contributed by atoms with Crippen LogP contribution in [0.2, 0.25) is 0 Å². The summed E-state index contributed by atoms with van der Waals surface area (Å²) in [6.45, 7) is -5.05. The lowest BCUT2D eigenvalue weighted by atomic mass is 10.00. The summed E-state index contributed by atoms with van der Waals surface area (Å²) < 4.78 is 119. The normalized spacial score (nSPS) is 16.4. The van der Waals surface area contributed by atoms with Gasteiger partial charge in [-0.2, -0.15) is 18.3 Å². The highest BCUT2D eigenvalue weighted by molar-refractivity contribution is 6.05. The number of benzene rings is 2. The van der Waals surface area contributed by atoms with Gasteiger partial charge in [-0.3, -0.25) is 14.7 Å². The van der Waals surface area contributed by atoms with Crippen molar-refractivity contribution in [2.24, 2.45) is 0 Å². The number of aromatic amines is 1. The molecule has 2 aromatic heterocycles. The summed E-state index contributed by atoms with van der Waals surface area (Å²) >= 11 is 0. The van der Waals surface area contributed by atoms with Crippen LogP contribution >= 0.6 is 0 Å². The number of H-pyrrole nitrogens is 1. The van der Waals surface area contributed by atoms with Crippen LogP contribution in [0.3, 0.4) is 0 Å². The number of nitrogens with zero attached hydrogens (tertiary/aromatic N) is 2. The molecule has 0 aliphatic heterocycles. The van der Waals surface area contributed by atoms with Crippen molar-refractivity contribution in [3.63, 3.8) is 0 Å². The third kappa shape index (κ3) is 5.29. The Morgan fingerprint density at radius 1 is 1.16 bits per heavy atom. The van der Waals surface area contributed by atoms with Crippen LogP contribution in [0.25, 0.3) is 22.0 Å². The molecule has 0 spiro atoms. The van der Waals surface area contributed by atoms with Crippen LogP contribution < -0.4 is 15.4 Å². The molecule has 4 aromatic rings. The number of rotatable bonds is 7. The van der Waals surface area contributed by atoms with Gasteiger partial charge in [0.1, 0.15) is 11.4 Å². The van der Waals surface area contributed by atoms with Crippen molar-refractivity contribution in [1.29, 1.82) is 0 Å². The minimum atomic E-state index is -4.87. The fourth-order valence-electron chi connectivity index (χ4n) is 3.84. The fraction of sp³-hybridized carbons (Fsp3) is 0.231. The number of hydrogen-bond acceptors (Lipinski definition) is 5. The van der Waals surface area contributed by atoms with Crippen molar-refractivity contribution in [1.82, 2.24) is 25.8 Å². The van der Waals surface area contributed by atoms with Gasteiger partial charge in [0.05, 0.1) is 28.3 Å². The van der Waals surface area contributed by atoms with Gasteiger partial charge in [0, 0.05) is 30.5 Å². The second-order valence-corrected chi connectivity index (χ2v) is 8.01. The molecule has 2 heterocycles. The first-order chi connectivity index (χ1) is 21.1. The number of amides is 2. The lowest BCUT2D eigenvalue weighted by Crippen LogP contribution is -2.29. The molecular weight excluding hydrogens is 506 g/mol. The van der Waals surface area contributed by atoms with E-state index < -0.39 is 72.8 Å². The van der Waals surface area contributed by atoms with Crippen molar-refractivity contribution >= 4 is 22.7 Å². The van der Waals surface area contributed by atoms with Gasteiger partial charge >= 0.3 is 6.18 Å². The number of alkyl halides is 3. The second kappa shape index (κ2) is 10.5. The topological polar surface area (TPSA) is 109 Å². The summed E-state index contributed by atoms with van der Waals surface area (Å²) in [5.74, 6) is -3.87. The zero-order valence-corrected chi connectivity index (χ0v) is 19.3. The van der Waals surface area contributed by atoms with Crippen LogP contribution in [0.1, 0.15) is 62.8 Å². The Hall–Kier alpha value is -4.48. The van der Waals surface area contributed by atoms with Crippen LogP contribution in [-0.4, -0.2) is 40.5 Å². The molecule has 12 heteroatoms. The zero-order valence-electron chi connectivity index (χ0n) is 27.3. The van der Waals surface area contributed by atoms with Crippen molar-refractivity contribution in [3.8, 4) is 17.0 Å². The summed E-state index contributed by atoms with van der Waals surface area (Å²) in [6, 6.07) is 5.76. The van der Waals surface area contributed by atoms with E-state index in [4.69, 9.17) is 15.7 Å². The van der Waals surface area contributed by atoms with Gasteiger partial charge in [0.15, 0.2) is 5.69 Å². The Bertz CT molecular complexity index is 1810. The van der Waals surface area contributed by atoms with Crippen molar-refractivity contribution in [3.05, 3.63) is 76.9 Å². The Morgan fingerprint density at radius 3 is 2.71 bits per heavy atom. The Kier molecular flexibility index (Phi) is 4.93. The molecular formula is C26H23F4N5O3. The molecule has 4 rings (SSSR count). The number of methoxy groups -OCH3 is 1. The summed E-state index contributed by atoms with van der Waals surface area (Å²) in [5.41, 5.74) is -1.87. The van der Waals surface area contributed by atoms with Crippen molar-refractivity contribution in [2.45, 2.75) is 26.0 Å². The number of carbonyl (C=O) groups is 2. The lowest BCUT2D eigenvalue weighted by Gasteiger charge is -2.20. The van der Waals surface area contributed by atoms with E-state index in [-0.39, 0.29) is 22.2 Å². The van der Waals surface area contributed by atoms with Crippen LogP contribution in [0, 0.1) is 5.82 Å². The van der Waals surface area contributed by atoms with E-state index in [0.717, 1.165) is 12.3 Å². The molecule has 0 saturated heterocycles. The third-order valence-electron chi connectivity index (χ3n) is 5.61. The van der Waals surface area contributed by atoms with Crippen LogP contribution in [0.4, 0.5) is 17.6 Å².